The number of aryl methyl sites for hydroxylation is 1. The summed E-state index contributed by atoms with van der Waals surface area (Å²) in [5.41, 5.74) is 2.20. The van der Waals surface area contributed by atoms with Crippen molar-refractivity contribution < 1.29 is 9.32 Å². The van der Waals surface area contributed by atoms with E-state index < -0.39 is 0 Å². The lowest BCUT2D eigenvalue weighted by atomic mass is 10.0. The molecule has 0 bridgehead atoms. The first-order valence-corrected chi connectivity index (χ1v) is 7.71. The Morgan fingerprint density at radius 3 is 2.62 bits per heavy atom. The molecule has 0 saturated heterocycles. The van der Waals surface area contributed by atoms with Gasteiger partial charge in [0.05, 0.1) is 6.42 Å². The molecule has 1 fully saturated rings. The van der Waals surface area contributed by atoms with Gasteiger partial charge in [-0.25, -0.2) is 0 Å². The Morgan fingerprint density at radius 1 is 1.24 bits per heavy atom. The largest absolute Gasteiger partial charge is 0.339 e. The fraction of sp³-hybridized carbons (Fsp3) is 0.471. The maximum atomic E-state index is 12.1. The molecule has 1 aliphatic rings. The molecule has 0 N–H and O–H groups in total. The Bertz CT molecular complexity index is 610. The highest BCUT2D eigenvalue weighted by Crippen LogP contribution is 2.26. The number of rotatable bonds is 5. The van der Waals surface area contributed by atoms with E-state index in [1.165, 1.54) is 5.56 Å². The molecule has 1 saturated carbocycles. The third-order valence-corrected chi connectivity index (χ3v) is 4.22. The summed E-state index contributed by atoms with van der Waals surface area (Å²) in [7, 11) is 0. The monoisotopic (exact) mass is 284 g/mol. The van der Waals surface area contributed by atoms with E-state index in [-0.39, 0.29) is 18.1 Å². The van der Waals surface area contributed by atoms with Crippen LogP contribution in [0.15, 0.2) is 28.8 Å². The minimum Gasteiger partial charge on any atom is -0.339 e. The van der Waals surface area contributed by atoms with Crippen LogP contribution in [0.25, 0.3) is 11.4 Å². The summed E-state index contributed by atoms with van der Waals surface area (Å²) >= 11 is 0. The number of aromatic nitrogens is 2. The van der Waals surface area contributed by atoms with Crippen LogP contribution in [-0.2, 0) is 17.6 Å². The molecule has 4 nitrogen and oxygen atoms in total. The van der Waals surface area contributed by atoms with Crippen molar-refractivity contribution in [3.8, 4) is 11.4 Å². The van der Waals surface area contributed by atoms with E-state index in [4.69, 9.17) is 4.52 Å². The topological polar surface area (TPSA) is 56.0 Å². The zero-order valence-corrected chi connectivity index (χ0v) is 12.3. The Hall–Kier alpha value is -1.97. The Morgan fingerprint density at radius 2 is 1.95 bits per heavy atom. The minimum absolute atomic E-state index is 0.198. The number of benzene rings is 1. The first-order chi connectivity index (χ1) is 10.3. The van der Waals surface area contributed by atoms with Crippen LogP contribution in [0.3, 0.4) is 0 Å². The zero-order chi connectivity index (χ0) is 14.7. The van der Waals surface area contributed by atoms with Crippen LogP contribution in [0, 0.1) is 5.92 Å². The van der Waals surface area contributed by atoms with Gasteiger partial charge in [0.1, 0.15) is 5.78 Å². The summed E-state index contributed by atoms with van der Waals surface area (Å²) in [5.74, 6) is 1.43. The second-order valence-corrected chi connectivity index (χ2v) is 5.69. The molecule has 0 atom stereocenters. The predicted molar refractivity (Wildman–Crippen MR) is 79.8 cm³/mol. The van der Waals surface area contributed by atoms with Crippen molar-refractivity contribution in [3.63, 3.8) is 0 Å². The van der Waals surface area contributed by atoms with Gasteiger partial charge in [-0.05, 0) is 24.8 Å². The van der Waals surface area contributed by atoms with Gasteiger partial charge in [0, 0.05) is 11.5 Å². The lowest BCUT2D eigenvalue weighted by Crippen LogP contribution is -2.13. The number of hydrogen-bond donors (Lipinski definition) is 0. The quantitative estimate of drug-likeness (QED) is 0.841. The van der Waals surface area contributed by atoms with Crippen LogP contribution in [0.2, 0.25) is 0 Å². The van der Waals surface area contributed by atoms with Crippen molar-refractivity contribution in [1.82, 2.24) is 10.1 Å². The molecular formula is C17H20N2O2. The molecule has 0 radical (unpaired) electrons. The molecule has 1 aromatic heterocycles. The molecule has 0 aliphatic heterocycles. The summed E-state index contributed by atoms with van der Waals surface area (Å²) in [6.45, 7) is 2.12. The van der Waals surface area contributed by atoms with Gasteiger partial charge in [0.2, 0.25) is 11.7 Å². The normalized spacial score (nSPS) is 15.5. The molecule has 1 aromatic carbocycles. The number of carbonyl (C=O) groups is 1. The van der Waals surface area contributed by atoms with Gasteiger partial charge in [-0.1, -0.05) is 49.2 Å². The van der Waals surface area contributed by atoms with Gasteiger partial charge in [-0.3, -0.25) is 4.79 Å². The number of nitrogens with zero attached hydrogens (tertiary/aromatic N) is 2. The van der Waals surface area contributed by atoms with Crippen LogP contribution in [-0.4, -0.2) is 15.9 Å². The van der Waals surface area contributed by atoms with Crippen molar-refractivity contribution >= 4 is 5.78 Å². The molecule has 0 amide bonds. The highest BCUT2D eigenvalue weighted by molar-refractivity contribution is 5.82. The fourth-order valence-electron chi connectivity index (χ4n) is 2.87. The average Bonchev–Trinajstić information content (AvgIpc) is 3.19. The fourth-order valence-corrected chi connectivity index (χ4v) is 2.87. The van der Waals surface area contributed by atoms with Crippen LogP contribution in [0.5, 0.6) is 0 Å². The van der Waals surface area contributed by atoms with Crippen molar-refractivity contribution in [1.29, 1.82) is 0 Å². The van der Waals surface area contributed by atoms with E-state index in [1.54, 1.807) is 0 Å². The SMILES string of the molecule is CCc1ccc(-c2noc(CC(=O)C3CCCC3)n2)cc1. The lowest BCUT2D eigenvalue weighted by molar-refractivity contribution is -0.122. The standard InChI is InChI=1S/C17H20N2O2/c1-2-12-7-9-14(10-8-12)17-18-16(21-19-17)11-15(20)13-5-3-4-6-13/h7-10,13H,2-6,11H2,1H3. The van der Waals surface area contributed by atoms with E-state index in [2.05, 4.69) is 29.2 Å². The third-order valence-electron chi connectivity index (χ3n) is 4.22. The summed E-state index contributed by atoms with van der Waals surface area (Å²) in [4.78, 5) is 16.5. The molecule has 2 aromatic rings. The van der Waals surface area contributed by atoms with E-state index >= 15 is 0 Å². The average molecular weight is 284 g/mol. The summed E-state index contributed by atoms with van der Waals surface area (Å²) < 4.78 is 5.22. The van der Waals surface area contributed by atoms with E-state index in [9.17, 15) is 4.79 Å². The van der Waals surface area contributed by atoms with Gasteiger partial charge < -0.3 is 4.52 Å². The van der Waals surface area contributed by atoms with Crippen molar-refractivity contribution in [2.24, 2.45) is 5.92 Å². The van der Waals surface area contributed by atoms with Crippen molar-refractivity contribution in [2.75, 3.05) is 0 Å². The third kappa shape index (κ3) is 3.20. The zero-order valence-electron chi connectivity index (χ0n) is 12.3. The van der Waals surface area contributed by atoms with Crippen LogP contribution >= 0.6 is 0 Å². The molecule has 0 spiro atoms. The van der Waals surface area contributed by atoms with E-state index in [0.29, 0.717) is 11.7 Å². The smallest absolute Gasteiger partial charge is 0.234 e. The number of hydrogen-bond acceptors (Lipinski definition) is 4. The lowest BCUT2D eigenvalue weighted by Gasteiger charge is -2.04. The van der Waals surface area contributed by atoms with Crippen LogP contribution in [0.1, 0.15) is 44.1 Å². The molecular weight excluding hydrogens is 264 g/mol. The van der Waals surface area contributed by atoms with Gasteiger partial charge in [0.25, 0.3) is 0 Å². The van der Waals surface area contributed by atoms with E-state index in [0.717, 1.165) is 37.7 Å². The Kier molecular flexibility index (Phi) is 4.13. The van der Waals surface area contributed by atoms with Gasteiger partial charge in [0.15, 0.2) is 0 Å². The first kappa shape index (κ1) is 14.0. The van der Waals surface area contributed by atoms with Crippen LogP contribution in [0.4, 0.5) is 0 Å². The highest BCUT2D eigenvalue weighted by atomic mass is 16.5. The van der Waals surface area contributed by atoms with Gasteiger partial charge in [-0.15, -0.1) is 0 Å². The molecule has 21 heavy (non-hydrogen) atoms. The number of ketones is 1. The maximum Gasteiger partial charge on any atom is 0.234 e. The summed E-state index contributed by atoms with van der Waals surface area (Å²) in [6, 6.07) is 8.11. The maximum absolute atomic E-state index is 12.1. The summed E-state index contributed by atoms with van der Waals surface area (Å²) in [5, 5.41) is 3.98. The second-order valence-electron chi connectivity index (χ2n) is 5.69. The molecule has 0 unspecified atom stereocenters. The second kappa shape index (κ2) is 6.20. The number of Topliss-reactive ketones (excluding diaryl/α,β-unsaturated/α-hetero) is 1. The first-order valence-electron chi connectivity index (χ1n) is 7.71. The molecule has 1 aliphatic carbocycles. The Labute approximate surface area is 124 Å². The van der Waals surface area contributed by atoms with E-state index in [1.807, 2.05) is 12.1 Å². The van der Waals surface area contributed by atoms with Crippen molar-refractivity contribution in [3.05, 3.63) is 35.7 Å². The van der Waals surface area contributed by atoms with Crippen LogP contribution < -0.4 is 0 Å². The Balaban J connectivity index is 1.68. The molecule has 1 heterocycles. The number of carbonyl (C=O) groups excluding carboxylic acids is 1. The highest BCUT2D eigenvalue weighted by Gasteiger charge is 2.24. The molecule has 4 heteroatoms. The summed E-state index contributed by atoms with van der Waals surface area (Å²) in [6.07, 6.45) is 5.62. The minimum atomic E-state index is 0.198. The predicted octanol–water partition coefficient (Wildman–Crippen LogP) is 3.60. The van der Waals surface area contributed by atoms with Gasteiger partial charge in [-0.2, -0.15) is 4.98 Å². The van der Waals surface area contributed by atoms with Gasteiger partial charge >= 0.3 is 0 Å². The van der Waals surface area contributed by atoms with Crippen molar-refractivity contribution in [2.45, 2.75) is 45.4 Å². The molecule has 3 rings (SSSR count). The molecule has 110 valence electrons.